The lowest BCUT2D eigenvalue weighted by Crippen LogP contribution is -2.05. The van der Waals surface area contributed by atoms with Crippen molar-refractivity contribution in [3.05, 3.63) is 70.6 Å². The minimum absolute atomic E-state index is 0.160. The molecular weight excluding hydrogens is 322 g/mol. The molecule has 0 saturated heterocycles. The number of thiazole rings is 1. The van der Waals surface area contributed by atoms with Gasteiger partial charge in [-0.1, -0.05) is 59.8 Å². The Morgan fingerprint density at radius 3 is 2.70 bits per heavy atom. The van der Waals surface area contributed by atoms with Gasteiger partial charge in [0.15, 0.2) is 10.1 Å². The van der Waals surface area contributed by atoms with Crippen LogP contribution in [0.2, 0.25) is 0 Å². The second-order valence-electron chi connectivity index (χ2n) is 5.39. The number of carbonyl (C=O) groups excluding carboxylic acids is 1. The number of nitrogens with zero attached hydrogens (tertiary/aromatic N) is 1. The van der Waals surface area contributed by atoms with Gasteiger partial charge in [-0.15, -0.1) is 11.3 Å². The first-order valence-corrected chi connectivity index (χ1v) is 9.24. The van der Waals surface area contributed by atoms with Crippen LogP contribution in [0.15, 0.2) is 58.3 Å². The fourth-order valence-electron chi connectivity index (χ4n) is 2.31. The molecule has 0 N–H and O–H groups in total. The van der Waals surface area contributed by atoms with Gasteiger partial charge in [-0.25, -0.2) is 4.98 Å². The summed E-state index contributed by atoms with van der Waals surface area (Å²) in [5.41, 5.74) is 5.04. The highest BCUT2D eigenvalue weighted by molar-refractivity contribution is 8.01. The standard InChI is InChI=1S/C19H17NOS2/c1-13-8-9-14(2)16(10-13)18(21)12-23-19-20-17(11-22-19)15-6-4-3-5-7-15/h3-11H,12H2,1-2H3. The molecule has 3 rings (SSSR count). The van der Waals surface area contributed by atoms with Gasteiger partial charge in [0, 0.05) is 16.5 Å². The Hall–Kier alpha value is -1.91. The van der Waals surface area contributed by atoms with Crippen LogP contribution in [0.3, 0.4) is 0 Å². The van der Waals surface area contributed by atoms with Crippen LogP contribution in [0.25, 0.3) is 11.3 Å². The molecule has 116 valence electrons. The molecule has 1 heterocycles. The SMILES string of the molecule is Cc1ccc(C)c(C(=O)CSc2nc(-c3ccccc3)cs2)c1. The van der Waals surface area contributed by atoms with Gasteiger partial charge in [-0.3, -0.25) is 4.79 Å². The van der Waals surface area contributed by atoms with Crippen molar-refractivity contribution in [2.45, 2.75) is 18.2 Å². The Balaban J connectivity index is 1.68. The smallest absolute Gasteiger partial charge is 0.173 e. The van der Waals surface area contributed by atoms with Crippen LogP contribution in [0.4, 0.5) is 0 Å². The highest BCUT2D eigenvalue weighted by Crippen LogP contribution is 2.28. The molecule has 3 aromatic rings. The van der Waals surface area contributed by atoms with Crippen molar-refractivity contribution in [3.63, 3.8) is 0 Å². The van der Waals surface area contributed by atoms with Crippen molar-refractivity contribution in [1.29, 1.82) is 0 Å². The molecule has 0 fully saturated rings. The number of aryl methyl sites for hydroxylation is 2. The summed E-state index contributed by atoms with van der Waals surface area (Å²) >= 11 is 3.10. The fraction of sp³-hybridized carbons (Fsp3) is 0.158. The maximum atomic E-state index is 12.4. The van der Waals surface area contributed by atoms with E-state index in [4.69, 9.17) is 0 Å². The van der Waals surface area contributed by atoms with Gasteiger partial charge < -0.3 is 0 Å². The zero-order valence-corrected chi connectivity index (χ0v) is 14.7. The predicted molar refractivity (Wildman–Crippen MR) is 98.5 cm³/mol. The number of carbonyl (C=O) groups is 1. The number of benzene rings is 2. The van der Waals surface area contributed by atoms with E-state index in [2.05, 4.69) is 4.98 Å². The van der Waals surface area contributed by atoms with Crippen molar-refractivity contribution >= 4 is 28.9 Å². The van der Waals surface area contributed by atoms with E-state index >= 15 is 0 Å². The molecule has 0 aliphatic carbocycles. The molecular formula is C19H17NOS2. The van der Waals surface area contributed by atoms with Gasteiger partial charge in [0.05, 0.1) is 11.4 Å². The zero-order chi connectivity index (χ0) is 16.2. The molecule has 4 heteroatoms. The van der Waals surface area contributed by atoms with Crippen molar-refractivity contribution in [1.82, 2.24) is 4.98 Å². The van der Waals surface area contributed by atoms with Gasteiger partial charge in [0.1, 0.15) is 0 Å². The maximum absolute atomic E-state index is 12.4. The molecule has 0 atom stereocenters. The molecule has 0 aliphatic rings. The van der Waals surface area contributed by atoms with Gasteiger partial charge in [0.25, 0.3) is 0 Å². The molecule has 0 aliphatic heterocycles. The second-order valence-corrected chi connectivity index (χ2v) is 7.48. The third-order valence-corrected chi connectivity index (χ3v) is 5.59. The zero-order valence-electron chi connectivity index (χ0n) is 13.1. The van der Waals surface area contributed by atoms with Crippen LogP contribution in [-0.2, 0) is 0 Å². The van der Waals surface area contributed by atoms with E-state index in [1.54, 1.807) is 11.3 Å². The first-order chi connectivity index (χ1) is 11.1. The summed E-state index contributed by atoms with van der Waals surface area (Å²) in [6, 6.07) is 16.1. The van der Waals surface area contributed by atoms with E-state index < -0.39 is 0 Å². The summed E-state index contributed by atoms with van der Waals surface area (Å²) in [6.45, 7) is 3.99. The number of hydrogen-bond donors (Lipinski definition) is 0. The van der Waals surface area contributed by atoms with E-state index in [1.165, 1.54) is 11.8 Å². The topological polar surface area (TPSA) is 30.0 Å². The Morgan fingerprint density at radius 1 is 1.13 bits per heavy atom. The molecule has 0 unspecified atom stereocenters. The van der Waals surface area contributed by atoms with Crippen molar-refractivity contribution in [3.8, 4) is 11.3 Å². The van der Waals surface area contributed by atoms with Crippen LogP contribution < -0.4 is 0 Å². The Kier molecular flexibility index (Phi) is 4.94. The van der Waals surface area contributed by atoms with E-state index in [9.17, 15) is 4.79 Å². The third-order valence-electron chi connectivity index (χ3n) is 3.57. The summed E-state index contributed by atoms with van der Waals surface area (Å²) in [6.07, 6.45) is 0. The van der Waals surface area contributed by atoms with Crippen LogP contribution in [0.5, 0.6) is 0 Å². The number of hydrogen-bond acceptors (Lipinski definition) is 4. The van der Waals surface area contributed by atoms with E-state index in [0.717, 1.165) is 32.3 Å². The van der Waals surface area contributed by atoms with Gasteiger partial charge in [0.2, 0.25) is 0 Å². The fourth-order valence-corrected chi connectivity index (χ4v) is 4.02. The van der Waals surface area contributed by atoms with Crippen LogP contribution in [0, 0.1) is 13.8 Å². The number of aromatic nitrogens is 1. The normalized spacial score (nSPS) is 10.7. The van der Waals surface area contributed by atoms with Crippen LogP contribution >= 0.6 is 23.1 Å². The molecule has 2 nitrogen and oxygen atoms in total. The maximum Gasteiger partial charge on any atom is 0.173 e. The van der Waals surface area contributed by atoms with E-state index in [0.29, 0.717) is 5.75 Å². The minimum Gasteiger partial charge on any atom is -0.293 e. The quantitative estimate of drug-likeness (QED) is 0.460. The average Bonchev–Trinajstić information content (AvgIpc) is 3.05. The van der Waals surface area contributed by atoms with Crippen molar-refractivity contribution in [2.75, 3.05) is 5.75 Å². The number of rotatable bonds is 5. The van der Waals surface area contributed by atoms with Crippen LogP contribution in [-0.4, -0.2) is 16.5 Å². The summed E-state index contributed by atoms with van der Waals surface area (Å²) in [5, 5.41) is 2.04. The first-order valence-electron chi connectivity index (χ1n) is 7.37. The molecule has 2 aromatic carbocycles. The van der Waals surface area contributed by atoms with Crippen molar-refractivity contribution in [2.24, 2.45) is 0 Å². The number of thioether (sulfide) groups is 1. The van der Waals surface area contributed by atoms with E-state index in [-0.39, 0.29) is 5.78 Å². The molecule has 0 radical (unpaired) electrons. The predicted octanol–water partition coefficient (Wildman–Crippen LogP) is 5.40. The highest BCUT2D eigenvalue weighted by Gasteiger charge is 2.12. The highest BCUT2D eigenvalue weighted by atomic mass is 32.2. The van der Waals surface area contributed by atoms with E-state index in [1.807, 2.05) is 67.8 Å². The summed E-state index contributed by atoms with van der Waals surface area (Å²) in [7, 11) is 0. The summed E-state index contributed by atoms with van der Waals surface area (Å²) in [5.74, 6) is 0.583. The largest absolute Gasteiger partial charge is 0.293 e. The first kappa shape index (κ1) is 16.0. The van der Waals surface area contributed by atoms with Gasteiger partial charge >= 0.3 is 0 Å². The number of Topliss-reactive ketones (excluding diaryl/α,β-unsaturated/α-hetero) is 1. The summed E-state index contributed by atoms with van der Waals surface area (Å²) < 4.78 is 0.933. The Morgan fingerprint density at radius 2 is 1.91 bits per heavy atom. The molecule has 23 heavy (non-hydrogen) atoms. The van der Waals surface area contributed by atoms with Crippen LogP contribution in [0.1, 0.15) is 21.5 Å². The summed E-state index contributed by atoms with van der Waals surface area (Å²) in [4.78, 5) is 17.0. The van der Waals surface area contributed by atoms with Gasteiger partial charge in [-0.05, 0) is 25.5 Å². The van der Waals surface area contributed by atoms with Gasteiger partial charge in [-0.2, -0.15) is 0 Å². The molecule has 0 amide bonds. The lowest BCUT2D eigenvalue weighted by molar-refractivity contribution is 0.102. The third kappa shape index (κ3) is 3.89. The molecule has 1 aromatic heterocycles. The average molecular weight is 339 g/mol. The Bertz CT molecular complexity index is 824. The van der Waals surface area contributed by atoms with Crippen molar-refractivity contribution < 1.29 is 4.79 Å². The Labute approximate surface area is 144 Å². The minimum atomic E-state index is 0.160. The molecule has 0 saturated carbocycles. The number of ketones is 1. The molecule has 0 bridgehead atoms. The lowest BCUT2D eigenvalue weighted by Gasteiger charge is -2.05. The molecule has 0 spiro atoms. The second kappa shape index (κ2) is 7.11. The monoisotopic (exact) mass is 339 g/mol. The lowest BCUT2D eigenvalue weighted by atomic mass is 10.0.